The Balaban J connectivity index is 1.72. The summed E-state index contributed by atoms with van der Waals surface area (Å²) < 4.78 is 0. The van der Waals surface area contributed by atoms with Crippen molar-refractivity contribution in [3.63, 3.8) is 0 Å². The van der Waals surface area contributed by atoms with Crippen molar-refractivity contribution in [1.29, 1.82) is 0 Å². The number of hydrogen-bond donors (Lipinski definition) is 8. The molecule has 0 bridgehead atoms. The Morgan fingerprint density at radius 3 is 2.51 bits per heavy atom. The molecule has 41 heavy (non-hydrogen) atoms. The maximum Gasteiger partial charge on any atom is 0.326 e. The molecule has 1 fully saturated rings. The average Bonchev–Trinajstić information content (AvgIpc) is 3.57. The zero-order chi connectivity index (χ0) is 30.1. The standard InChI is InChI=1S/C26H36N8O7/c27-16(11-14-13-31-17-6-2-1-5-15(14)17)22(37)32-18(7-3-9-30-26(28)29)24(39)34-10-4-8-20(34)23(38)33-19(25(40)41)12-21(35)36/h1-2,5-6,13,16,18-20,31H,3-4,7-12,27H2,(H,32,37)(H,33,38)(H,35,36)(H,40,41)(H4,28,29,30). The van der Waals surface area contributed by atoms with Gasteiger partial charge in [0, 0.05) is 30.2 Å². The number of aliphatic carboxylic acids is 2. The first-order chi connectivity index (χ1) is 19.5. The molecule has 11 N–H and O–H groups in total. The van der Waals surface area contributed by atoms with Crippen LogP contribution in [-0.2, 0) is 30.4 Å². The van der Waals surface area contributed by atoms with Gasteiger partial charge in [-0.2, -0.15) is 0 Å². The van der Waals surface area contributed by atoms with Crippen molar-refractivity contribution in [2.75, 3.05) is 13.1 Å². The summed E-state index contributed by atoms with van der Waals surface area (Å²) >= 11 is 0. The second-order valence-corrected chi connectivity index (χ2v) is 9.87. The van der Waals surface area contributed by atoms with Gasteiger partial charge >= 0.3 is 11.9 Å². The van der Waals surface area contributed by atoms with Crippen LogP contribution >= 0.6 is 0 Å². The van der Waals surface area contributed by atoms with Crippen LogP contribution in [-0.4, -0.2) is 93.0 Å². The van der Waals surface area contributed by atoms with Gasteiger partial charge in [-0.1, -0.05) is 18.2 Å². The number of carboxylic acids is 2. The second kappa shape index (κ2) is 14.1. The van der Waals surface area contributed by atoms with Gasteiger partial charge in [-0.15, -0.1) is 0 Å². The summed E-state index contributed by atoms with van der Waals surface area (Å²) in [6, 6.07) is 2.84. The van der Waals surface area contributed by atoms with E-state index in [0.29, 0.717) is 12.8 Å². The largest absolute Gasteiger partial charge is 0.481 e. The summed E-state index contributed by atoms with van der Waals surface area (Å²) in [4.78, 5) is 70.4. The van der Waals surface area contributed by atoms with Crippen LogP contribution in [0.1, 0.15) is 37.7 Å². The van der Waals surface area contributed by atoms with E-state index in [1.807, 2.05) is 24.3 Å². The Bertz CT molecular complexity index is 1310. The highest BCUT2D eigenvalue weighted by Crippen LogP contribution is 2.21. The molecule has 0 spiro atoms. The van der Waals surface area contributed by atoms with Crippen LogP contribution in [0.5, 0.6) is 0 Å². The number of aromatic amines is 1. The van der Waals surface area contributed by atoms with Gasteiger partial charge in [0.15, 0.2) is 5.96 Å². The average molecular weight is 573 g/mol. The molecule has 4 unspecified atom stereocenters. The maximum absolute atomic E-state index is 13.6. The summed E-state index contributed by atoms with van der Waals surface area (Å²) in [5.41, 5.74) is 18.7. The Morgan fingerprint density at radius 2 is 1.83 bits per heavy atom. The molecule has 3 rings (SSSR count). The van der Waals surface area contributed by atoms with E-state index >= 15 is 0 Å². The second-order valence-electron chi connectivity index (χ2n) is 9.87. The SMILES string of the molecule is NC(N)=NCCCC(NC(=O)C(N)Cc1c[nH]c2ccccc12)C(=O)N1CCCC1C(=O)NC(CC(=O)O)C(=O)O. The van der Waals surface area contributed by atoms with Crippen molar-refractivity contribution in [1.82, 2.24) is 20.5 Å². The zero-order valence-corrected chi connectivity index (χ0v) is 22.4. The Morgan fingerprint density at radius 1 is 1.10 bits per heavy atom. The minimum absolute atomic E-state index is 0.122. The summed E-state index contributed by atoms with van der Waals surface area (Å²) in [5.74, 6) is -4.93. The highest BCUT2D eigenvalue weighted by Gasteiger charge is 2.39. The molecule has 2 aromatic rings. The number of aliphatic imine (C=N–C) groups is 1. The van der Waals surface area contributed by atoms with E-state index in [1.165, 1.54) is 4.90 Å². The van der Waals surface area contributed by atoms with E-state index in [0.717, 1.165) is 16.5 Å². The number of aromatic nitrogens is 1. The minimum atomic E-state index is -1.66. The Hall–Kier alpha value is -4.66. The predicted molar refractivity (Wildman–Crippen MR) is 148 cm³/mol. The number of nitrogens with one attached hydrogen (secondary N) is 3. The molecule has 3 amide bonds. The van der Waals surface area contributed by atoms with Crippen LogP contribution in [0.4, 0.5) is 0 Å². The number of rotatable bonds is 14. The number of carbonyl (C=O) groups is 5. The first-order valence-corrected chi connectivity index (χ1v) is 13.2. The molecule has 1 saturated heterocycles. The minimum Gasteiger partial charge on any atom is -0.481 e. The highest BCUT2D eigenvalue weighted by molar-refractivity contribution is 5.95. The smallest absolute Gasteiger partial charge is 0.326 e. The molecule has 15 heteroatoms. The Labute approximate surface area is 235 Å². The molecule has 15 nitrogen and oxygen atoms in total. The third-order valence-corrected chi connectivity index (χ3v) is 6.84. The first-order valence-electron chi connectivity index (χ1n) is 13.2. The normalized spacial score (nSPS) is 16.9. The van der Waals surface area contributed by atoms with E-state index in [-0.39, 0.29) is 38.3 Å². The number of amides is 3. The molecular weight excluding hydrogens is 536 g/mol. The number of guanidine groups is 1. The first kappa shape index (κ1) is 30.9. The molecule has 4 atom stereocenters. The molecule has 2 heterocycles. The van der Waals surface area contributed by atoms with Gasteiger partial charge in [0.05, 0.1) is 12.5 Å². The fourth-order valence-electron chi connectivity index (χ4n) is 4.82. The number of nitrogens with zero attached hydrogens (tertiary/aromatic N) is 2. The van der Waals surface area contributed by atoms with Crippen LogP contribution in [0.3, 0.4) is 0 Å². The van der Waals surface area contributed by atoms with E-state index in [1.54, 1.807) is 6.20 Å². The highest BCUT2D eigenvalue weighted by atomic mass is 16.4. The molecule has 222 valence electrons. The van der Waals surface area contributed by atoms with Crippen LogP contribution in [0, 0.1) is 0 Å². The van der Waals surface area contributed by atoms with Crippen molar-refractivity contribution < 1.29 is 34.2 Å². The lowest BCUT2D eigenvalue weighted by molar-refractivity contribution is -0.148. The number of H-pyrrole nitrogens is 1. The lowest BCUT2D eigenvalue weighted by Gasteiger charge is -2.30. The quantitative estimate of drug-likeness (QED) is 0.0746. The number of likely N-dealkylation sites (tertiary alicyclic amines) is 1. The fourth-order valence-corrected chi connectivity index (χ4v) is 4.82. The maximum atomic E-state index is 13.6. The monoisotopic (exact) mass is 572 g/mol. The number of carbonyl (C=O) groups excluding carboxylic acids is 3. The number of carboxylic acid groups (broad SMARTS) is 2. The molecule has 0 saturated carbocycles. The number of benzene rings is 1. The van der Waals surface area contributed by atoms with Crippen molar-refractivity contribution in [3.05, 3.63) is 36.0 Å². The molecule has 1 aliphatic rings. The topological polar surface area (TPSA) is 259 Å². The number of nitrogens with two attached hydrogens (primary N) is 3. The predicted octanol–water partition coefficient (Wildman–Crippen LogP) is -1.39. The van der Waals surface area contributed by atoms with E-state index < -0.39 is 60.2 Å². The molecular formula is C26H36N8O7. The third-order valence-electron chi connectivity index (χ3n) is 6.84. The summed E-state index contributed by atoms with van der Waals surface area (Å²) in [5, 5.41) is 24.1. The van der Waals surface area contributed by atoms with Crippen molar-refractivity contribution in [2.45, 2.75) is 62.7 Å². The van der Waals surface area contributed by atoms with Gasteiger partial charge in [0.25, 0.3) is 0 Å². The van der Waals surface area contributed by atoms with Gasteiger partial charge in [-0.3, -0.25) is 24.2 Å². The van der Waals surface area contributed by atoms with E-state index in [2.05, 4.69) is 20.6 Å². The molecule has 0 aliphatic carbocycles. The van der Waals surface area contributed by atoms with Gasteiger partial charge in [-0.05, 0) is 43.7 Å². The van der Waals surface area contributed by atoms with Gasteiger partial charge in [0.1, 0.15) is 18.1 Å². The molecule has 0 radical (unpaired) electrons. The van der Waals surface area contributed by atoms with Crippen LogP contribution in [0.25, 0.3) is 10.9 Å². The van der Waals surface area contributed by atoms with Crippen molar-refractivity contribution in [3.8, 4) is 0 Å². The van der Waals surface area contributed by atoms with Crippen molar-refractivity contribution >= 4 is 46.5 Å². The van der Waals surface area contributed by atoms with Crippen LogP contribution in [0.15, 0.2) is 35.5 Å². The zero-order valence-electron chi connectivity index (χ0n) is 22.4. The third kappa shape index (κ3) is 8.41. The molecule has 1 aliphatic heterocycles. The summed E-state index contributed by atoms with van der Waals surface area (Å²) in [7, 11) is 0. The summed E-state index contributed by atoms with van der Waals surface area (Å²) in [6.07, 6.45) is 2.33. The van der Waals surface area contributed by atoms with Gasteiger partial charge < -0.3 is 47.9 Å². The fraction of sp³-hybridized carbons (Fsp3) is 0.462. The van der Waals surface area contributed by atoms with Gasteiger partial charge in [-0.25, -0.2) is 4.79 Å². The molecule has 1 aromatic heterocycles. The van der Waals surface area contributed by atoms with Crippen LogP contribution in [0.2, 0.25) is 0 Å². The number of para-hydroxylation sites is 1. The number of hydrogen-bond acceptors (Lipinski definition) is 7. The summed E-state index contributed by atoms with van der Waals surface area (Å²) in [6.45, 7) is 0.387. The number of fused-ring (bicyclic) bond motifs is 1. The molecule has 1 aromatic carbocycles. The van der Waals surface area contributed by atoms with Crippen molar-refractivity contribution in [2.24, 2.45) is 22.2 Å². The Kier molecular flexibility index (Phi) is 10.6. The lowest BCUT2D eigenvalue weighted by Crippen LogP contribution is -2.57. The lowest BCUT2D eigenvalue weighted by atomic mass is 10.0. The van der Waals surface area contributed by atoms with E-state index in [9.17, 15) is 29.1 Å². The van der Waals surface area contributed by atoms with Crippen LogP contribution < -0.4 is 27.8 Å². The van der Waals surface area contributed by atoms with Gasteiger partial charge in [0.2, 0.25) is 17.7 Å². The van der Waals surface area contributed by atoms with E-state index in [4.69, 9.17) is 22.3 Å².